The van der Waals surface area contributed by atoms with E-state index in [1.807, 2.05) is 18.5 Å². The summed E-state index contributed by atoms with van der Waals surface area (Å²) in [5.41, 5.74) is -0.0194. The Balaban J connectivity index is 1.16. The van der Waals surface area contributed by atoms with Crippen LogP contribution in [0.4, 0.5) is 17.6 Å². The Bertz CT molecular complexity index is 1180. The highest BCUT2D eigenvalue weighted by Gasteiger charge is 2.60. The molecular weight excluding hydrogens is 458 g/mol. The van der Waals surface area contributed by atoms with E-state index in [9.17, 15) is 17.6 Å². The van der Waals surface area contributed by atoms with Gasteiger partial charge in [-0.25, -0.2) is 9.37 Å². The molecule has 0 unspecified atom stereocenters. The summed E-state index contributed by atoms with van der Waals surface area (Å²) in [5.74, 6) is 1.53. The normalized spacial score (nSPS) is 22.7. The highest BCUT2D eigenvalue weighted by Crippen LogP contribution is 2.59. The van der Waals surface area contributed by atoms with Gasteiger partial charge < -0.3 is 13.9 Å². The molecule has 0 N–H and O–H groups in total. The number of nitrogens with zero attached hydrogens (tertiary/aromatic N) is 5. The van der Waals surface area contributed by atoms with Gasteiger partial charge in [-0.05, 0) is 56.0 Å². The molecular formula is C22H23F4N5OS. The van der Waals surface area contributed by atoms with Crippen LogP contribution in [0.2, 0.25) is 0 Å². The predicted octanol–water partition coefficient (Wildman–Crippen LogP) is 4.69. The maximum absolute atomic E-state index is 13.9. The Hall–Kier alpha value is -2.40. The van der Waals surface area contributed by atoms with Crippen molar-refractivity contribution in [3.05, 3.63) is 47.2 Å². The third kappa shape index (κ3) is 4.16. The summed E-state index contributed by atoms with van der Waals surface area (Å²) in [7, 11) is 1.88. The highest BCUT2D eigenvalue weighted by molar-refractivity contribution is 7.99. The number of oxazole rings is 1. The first kappa shape index (κ1) is 22.4. The lowest BCUT2D eigenvalue weighted by molar-refractivity contribution is -0.137. The molecule has 1 aliphatic carbocycles. The summed E-state index contributed by atoms with van der Waals surface area (Å²) in [4.78, 5) is 6.36. The van der Waals surface area contributed by atoms with E-state index in [1.165, 1.54) is 12.5 Å². The van der Waals surface area contributed by atoms with Crippen LogP contribution in [-0.2, 0) is 18.6 Å². The molecule has 0 amide bonds. The molecule has 3 aromatic rings. The molecule has 11 heteroatoms. The van der Waals surface area contributed by atoms with Gasteiger partial charge in [-0.15, -0.1) is 10.2 Å². The summed E-state index contributed by atoms with van der Waals surface area (Å²) < 4.78 is 60.6. The SMILES string of the molecule is Cc1ncoc1-c1nnc(SCCCN2C[C@@H]3C[C@]3(c3cc(F)cc(C(F)(F)F)c3)C2)n1C. The second kappa shape index (κ2) is 8.12. The first-order valence-electron chi connectivity index (χ1n) is 10.7. The number of alkyl halides is 3. The second-order valence-corrected chi connectivity index (χ2v) is 9.91. The second-order valence-electron chi connectivity index (χ2n) is 8.85. The number of halogens is 4. The minimum Gasteiger partial charge on any atom is -0.440 e. The Kier molecular flexibility index (Phi) is 5.51. The zero-order chi connectivity index (χ0) is 23.4. The quantitative estimate of drug-likeness (QED) is 0.277. The molecule has 1 saturated heterocycles. The summed E-state index contributed by atoms with van der Waals surface area (Å²) >= 11 is 1.59. The van der Waals surface area contributed by atoms with Crippen LogP contribution in [0, 0.1) is 18.7 Å². The van der Waals surface area contributed by atoms with E-state index in [4.69, 9.17) is 4.42 Å². The first-order chi connectivity index (χ1) is 15.7. The third-order valence-corrected chi connectivity index (χ3v) is 7.76. The lowest BCUT2D eigenvalue weighted by Gasteiger charge is -2.21. The van der Waals surface area contributed by atoms with Crippen LogP contribution in [0.3, 0.4) is 0 Å². The van der Waals surface area contributed by atoms with Crippen molar-refractivity contribution >= 4 is 11.8 Å². The number of hydrogen-bond acceptors (Lipinski definition) is 6. The number of benzene rings is 1. The monoisotopic (exact) mass is 481 g/mol. The van der Waals surface area contributed by atoms with E-state index in [0.29, 0.717) is 35.7 Å². The average molecular weight is 482 g/mol. The highest BCUT2D eigenvalue weighted by atomic mass is 32.2. The number of aryl methyl sites for hydroxylation is 1. The molecule has 33 heavy (non-hydrogen) atoms. The van der Waals surface area contributed by atoms with Crippen molar-refractivity contribution < 1.29 is 22.0 Å². The number of likely N-dealkylation sites (tertiary alicyclic amines) is 1. The number of fused-ring (bicyclic) bond motifs is 1. The zero-order valence-electron chi connectivity index (χ0n) is 18.2. The molecule has 0 bridgehead atoms. The van der Waals surface area contributed by atoms with Crippen molar-refractivity contribution in [3.8, 4) is 11.6 Å². The molecule has 6 nitrogen and oxygen atoms in total. The van der Waals surface area contributed by atoms with Crippen molar-refractivity contribution in [3.63, 3.8) is 0 Å². The first-order valence-corrected chi connectivity index (χ1v) is 11.7. The maximum Gasteiger partial charge on any atom is 0.416 e. The molecule has 176 valence electrons. The largest absolute Gasteiger partial charge is 0.440 e. The Morgan fingerprint density at radius 3 is 2.79 bits per heavy atom. The topological polar surface area (TPSA) is 60.0 Å². The fourth-order valence-corrected chi connectivity index (χ4v) is 5.69. The molecule has 1 saturated carbocycles. The van der Waals surface area contributed by atoms with Crippen molar-refractivity contribution in [2.24, 2.45) is 13.0 Å². The number of aromatic nitrogens is 4. The molecule has 2 fully saturated rings. The average Bonchev–Trinajstić information content (AvgIpc) is 3.05. The van der Waals surface area contributed by atoms with Crippen LogP contribution in [0.15, 0.2) is 34.2 Å². The molecule has 3 heterocycles. The van der Waals surface area contributed by atoms with Crippen LogP contribution < -0.4 is 0 Å². The van der Waals surface area contributed by atoms with Crippen molar-refractivity contribution in [2.45, 2.75) is 36.5 Å². The molecule has 2 aliphatic rings. The molecule has 1 aliphatic heterocycles. The van der Waals surface area contributed by atoms with Crippen molar-refractivity contribution in [1.29, 1.82) is 0 Å². The van der Waals surface area contributed by atoms with Gasteiger partial charge in [0.1, 0.15) is 5.82 Å². The third-order valence-electron chi connectivity index (χ3n) is 6.65. The molecule has 5 rings (SSSR count). The van der Waals surface area contributed by atoms with Crippen molar-refractivity contribution in [2.75, 3.05) is 25.4 Å². The summed E-state index contributed by atoms with van der Waals surface area (Å²) in [5, 5.41) is 9.22. The molecule has 2 atom stereocenters. The predicted molar refractivity (Wildman–Crippen MR) is 114 cm³/mol. The van der Waals surface area contributed by atoms with Gasteiger partial charge in [-0.3, -0.25) is 0 Å². The number of thioether (sulfide) groups is 1. The standard InChI is InChI=1S/C22H23F4N5OS/c1-13-18(32-12-27-13)19-28-29-20(30(19)2)33-5-3-4-31-10-16-9-21(16,11-31)14-6-15(22(24,25)26)8-17(23)7-14/h6-8,12,16H,3-5,9-11H2,1-2H3/t16-,21+/m0/s1. The minimum atomic E-state index is -4.54. The van der Waals surface area contributed by atoms with Crippen LogP contribution >= 0.6 is 11.8 Å². The van der Waals surface area contributed by atoms with Gasteiger partial charge in [0.2, 0.25) is 5.82 Å². The maximum atomic E-state index is 13.9. The van der Waals surface area contributed by atoms with Crippen LogP contribution in [0.1, 0.15) is 29.7 Å². The zero-order valence-corrected chi connectivity index (χ0v) is 19.0. The van der Waals surface area contributed by atoms with E-state index in [-0.39, 0.29) is 5.41 Å². The minimum absolute atomic E-state index is 0.291. The molecule has 0 spiro atoms. The van der Waals surface area contributed by atoms with Gasteiger partial charge in [0.05, 0.1) is 11.3 Å². The van der Waals surface area contributed by atoms with Gasteiger partial charge in [0, 0.05) is 31.3 Å². The molecule has 2 aromatic heterocycles. The van der Waals surface area contributed by atoms with Crippen molar-refractivity contribution in [1.82, 2.24) is 24.6 Å². The van der Waals surface area contributed by atoms with Crippen LogP contribution in [0.5, 0.6) is 0 Å². The van der Waals surface area contributed by atoms with E-state index < -0.39 is 17.6 Å². The Morgan fingerprint density at radius 2 is 2.06 bits per heavy atom. The number of piperidine rings is 1. The van der Waals surface area contributed by atoms with E-state index in [2.05, 4.69) is 20.1 Å². The molecule has 1 aromatic carbocycles. The smallest absolute Gasteiger partial charge is 0.416 e. The van der Waals surface area contributed by atoms with Gasteiger partial charge in [-0.2, -0.15) is 13.2 Å². The van der Waals surface area contributed by atoms with E-state index >= 15 is 0 Å². The summed E-state index contributed by atoms with van der Waals surface area (Å²) in [6, 6.07) is 2.98. The Morgan fingerprint density at radius 1 is 1.24 bits per heavy atom. The van der Waals surface area contributed by atoms with Crippen LogP contribution in [-0.4, -0.2) is 50.0 Å². The summed E-state index contributed by atoms with van der Waals surface area (Å²) in [6.45, 7) is 4.18. The van der Waals surface area contributed by atoms with Gasteiger partial charge in [-0.1, -0.05) is 11.8 Å². The summed E-state index contributed by atoms with van der Waals surface area (Å²) in [6.07, 6.45) is -1.44. The van der Waals surface area contributed by atoms with E-state index in [0.717, 1.165) is 48.6 Å². The fourth-order valence-electron chi connectivity index (χ4n) is 4.85. The fraction of sp³-hybridized carbons (Fsp3) is 0.500. The lowest BCUT2D eigenvalue weighted by Crippen LogP contribution is -2.28. The number of rotatable bonds is 7. The number of hydrogen-bond donors (Lipinski definition) is 0. The Labute approximate surface area is 192 Å². The van der Waals surface area contributed by atoms with E-state index in [1.54, 1.807) is 11.8 Å². The molecule has 0 radical (unpaired) electrons. The van der Waals surface area contributed by atoms with Gasteiger partial charge in [0.25, 0.3) is 0 Å². The van der Waals surface area contributed by atoms with Crippen LogP contribution in [0.25, 0.3) is 11.6 Å². The lowest BCUT2D eigenvalue weighted by atomic mass is 9.93. The van der Waals surface area contributed by atoms with Gasteiger partial charge >= 0.3 is 6.18 Å². The van der Waals surface area contributed by atoms with Gasteiger partial charge in [0.15, 0.2) is 17.3 Å².